The number of aliphatic hydroxyl groups is 5. The molecule has 0 radical (unpaired) electrons. The molecule has 15 heteroatoms. The second kappa shape index (κ2) is 14.1. The fourth-order valence-corrected chi connectivity index (χ4v) is 12.9. The van der Waals surface area contributed by atoms with Gasteiger partial charge in [-0.1, -0.05) is 59.3 Å². The molecular weight excluding hydrogens is 744 g/mol. The van der Waals surface area contributed by atoms with Crippen molar-refractivity contribution in [2.45, 2.75) is 174 Å². The number of ether oxygens (including phenoxy) is 4. The number of allylic oxidation sites excluding steroid dienone is 4. The summed E-state index contributed by atoms with van der Waals surface area (Å²) in [6.07, 6.45) is -7.94. The van der Waals surface area contributed by atoms with E-state index in [-0.39, 0.29) is 33.5 Å². The molecule has 0 aromatic rings. The van der Waals surface area contributed by atoms with E-state index in [2.05, 4.69) is 53.7 Å². The van der Waals surface area contributed by atoms with Crippen molar-refractivity contribution in [1.82, 2.24) is 0 Å². The minimum Gasteiger partial charge on any atom is -0.481 e. The number of hydrogen-bond acceptors (Lipinski definition) is 12. The number of hydrogen-bond donors (Lipinski definition) is 8. The van der Waals surface area contributed by atoms with Crippen LogP contribution in [0.2, 0.25) is 0 Å². The molecular formula is C42H62O15. The fourth-order valence-electron chi connectivity index (χ4n) is 12.9. The van der Waals surface area contributed by atoms with Gasteiger partial charge in [-0.3, -0.25) is 4.79 Å². The molecule has 5 aliphatic carbocycles. The summed E-state index contributed by atoms with van der Waals surface area (Å²) in [5, 5.41) is 83.0. The van der Waals surface area contributed by atoms with Crippen molar-refractivity contribution < 1.29 is 74.2 Å². The lowest BCUT2D eigenvalue weighted by Crippen LogP contribution is -2.67. The highest BCUT2D eigenvalue weighted by Crippen LogP contribution is 2.74. The highest BCUT2D eigenvalue weighted by molar-refractivity contribution is 5.75. The number of rotatable bonds is 7. The smallest absolute Gasteiger partial charge is 0.335 e. The molecule has 2 aliphatic heterocycles. The fraction of sp³-hybridized carbons (Fsp3) is 0.833. The van der Waals surface area contributed by atoms with Gasteiger partial charge in [0.2, 0.25) is 0 Å². The maximum Gasteiger partial charge on any atom is 0.335 e. The Morgan fingerprint density at radius 3 is 1.89 bits per heavy atom. The standard InChI is InChI=1S/C42H62O15/c1-37(2)21-10-13-42(7)22(9-8-19-20-18-39(4,36(52)53)15-14-38(20,3)16-17-41(19,42)6)40(21,5)12-11-23(37)54-35-31(27(46)26(45)30(56-35)33(50)51)57-34-28(47)24(43)25(44)29(55-34)32(48)49/h8-9,21-31,34-35,43-47H,10-18H2,1-7H3,(H,48,49)(H,50,51)(H,52,53). The molecule has 0 bridgehead atoms. The molecule has 18 atom stereocenters. The molecule has 3 saturated carbocycles. The quantitative estimate of drug-likeness (QED) is 0.172. The number of carboxylic acid groups (broad SMARTS) is 3. The Labute approximate surface area is 333 Å². The summed E-state index contributed by atoms with van der Waals surface area (Å²) in [6.45, 7) is 15.6. The molecule has 7 rings (SSSR count). The average Bonchev–Trinajstić information content (AvgIpc) is 3.12. The number of aliphatic hydroxyl groups excluding tert-OH is 5. The zero-order valence-electron chi connectivity index (χ0n) is 34.0. The molecule has 57 heavy (non-hydrogen) atoms. The molecule has 2 saturated heterocycles. The third-order valence-corrected chi connectivity index (χ3v) is 16.9. The van der Waals surface area contributed by atoms with Crippen LogP contribution in [0.4, 0.5) is 0 Å². The predicted octanol–water partition coefficient (Wildman–Crippen LogP) is 2.99. The lowest BCUT2D eigenvalue weighted by atomic mass is 9.35. The average molecular weight is 807 g/mol. The maximum atomic E-state index is 12.5. The van der Waals surface area contributed by atoms with Gasteiger partial charge in [0.15, 0.2) is 24.8 Å². The van der Waals surface area contributed by atoms with E-state index in [1.54, 1.807) is 0 Å². The van der Waals surface area contributed by atoms with Gasteiger partial charge in [0.05, 0.1) is 11.5 Å². The van der Waals surface area contributed by atoms with Gasteiger partial charge in [-0.05, 0) is 109 Å². The summed E-state index contributed by atoms with van der Waals surface area (Å²) in [4.78, 5) is 36.4. The van der Waals surface area contributed by atoms with Gasteiger partial charge in [-0.2, -0.15) is 0 Å². The number of fused-ring (bicyclic) bond motifs is 6. The summed E-state index contributed by atoms with van der Waals surface area (Å²) in [5.41, 5.74) is 0.770. The van der Waals surface area contributed by atoms with E-state index in [4.69, 9.17) is 18.9 Å². The zero-order valence-corrected chi connectivity index (χ0v) is 34.0. The van der Waals surface area contributed by atoms with Gasteiger partial charge >= 0.3 is 17.9 Å². The summed E-state index contributed by atoms with van der Waals surface area (Å²) in [7, 11) is 0. The highest BCUT2D eigenvalue weighted by Gasteiger charge is 2.67. The predicted molar refractivity (Wildman–Crippen MR) is 199 cm³/mol. The van der Waals surface area contributed by atoms with E-state index in [0.29, 0.717) is 19.3 Å². The van der Waals surface area contributed by atoms with E-state index < -0.39 is 96.3 Å². The number of carboxylic acids is 3. The summed E-state index contributed by atoms with van der Waals surface area (Å²) in [5.74, 6) is -3.67. The van der Waals surface area contributed by atoms with Gasteiger partial charge in [0.25, 0.3) is 0 Å². The van der Waals surface area contributed by atoms with Crippen molar-refractivity contribution in [1.29, 1.82) is 0 Å². The first-order valence-corrected chi connectivity index (χ1v) is 20.5. The lowest BCUT2D eigenvalue weighted by molar-refractivity contribution is -0.371. The van der Waals surface area contributed by atoms with Crippen LogP contribution in [-0.2, 0) is 33.3 Å². The minimum absolute atomic E-state index is 0.0257. The van der Waals surface area contributed by atoms with Crippen LogP contribution in [0.15, 0.2) is 23.3 Å². The van der Waals surface area contributed by atoms with Crippen molar-refractivity contribution >= 4 is 17.9 Å². The molecule has 18 unspecified atom stereocenters. The SMILES string of the molecule is CC1(C(=O)O)CCC2(C)CCC3(C)C(=C2C1)C=CC1C2(C)CCC(OC4OC(C(=O)O)C(O)C(O)C4OC4OC(C(=O)O)C(O)C(O)C4O)C(C)(C)C2CCC13C. The van der Waals surface area contributed by atoms with Gasteiger partial charge in [-0.15, -0.1) is 0 Å². The summed E-state index contributed by atoms with van der Waals surface area (Å²) < 4.78 is 23.5. The Hall–Kier alpha value is -2.47. The molecule has 0 spiro atoms. The second-order valence-corrected chi connectivity index (χ2v) is 20.2. The Morgan fingerprint density at radius 1 is 0.684 bits per heavy atom. The first kappa shape index (κ1) is 42.6. The lowest BCUT2D eigenvalue weighted by Gasteiger charge is -2.69. The molecule has 0 amide bonds. The Balaban J connectivity index is 1.17. The van der Waals surface area contributed by atoms with Crippen molar-refractivity contribution in [3.05, 3.63) is 23.3 Å². The monoisotopic (exact) mass is 806 g/mol. The number of carbonyl (C=O) groups is 3. The molecule has 5 fully saturated rings. The van der Waals surface area contributed by atoms with Crippen LogP contribution in [0.5, 0.6) is 0 Å². The van der Waals surface area contributed by atoms with E-state index in [1.807, 2.05) is 6.92 Å². The van der Waals surface area contributed by atoms with Crippen LogP contribution in [0.3, 0.4) is 0 Å². The molecule has 8 N–H and O–H groups in total. The summed E-state index contributed by atoms with van der Waals surface area (Å²) in [6, 6.07) is 0. The highest BCUT2D eigenvalue weighted by atomic mass is 16.8. The van der Waals surface area contributed by atoms with Crippen LogP contribution in [0, 0.1) is 44.3 Å². The Bertz CT molecular complexity index is 1710. The van der Waals surface area contributed by atoms with Crippen molar-refractivity contribution in [2.24, 2.45) is 44.3 Å². The second-order valence-electron chi connectivity index (χ2n) is 20.2. The Kier molecular flexibility index (Phi) is 10.5. The third-order valence-electron chi connectivity index (χ3n) is 16.9. The van der Waals surface area contributed by atoms with Gasteiger partial charge in [0.1, 0.15) is 36.6 Å². The normalized spacial score (nSPS) is 51.8. The molecule has 7 aliphatic rings. The van der Waals surface area contributed by atoms with Crippen LogP contribution < -0.4 is 0 Å². The molecule has 15 nitrogen and oxygen atoms in total. The van der Waals surface area contributed by atoms with E-state index in [9.17, 15) is 55.2 Å². The van der Waals surface area contributed by atoms with Gasteiger partial charge < -0.3 is 59.8 Å². The van der Waals surface area contributed by atoms with Crippen LogP contribution in [0.25, 0.3) is 0 Å². The third kappa shape index (κ3) is 6.27. The van der Waals surface area contributed by atoms with Crippen molar-refractivity contribution in [3.63, 3.8) is 0 Å². The zero-order chi connectivity index (χ0) is 42.0. The molecule has 0 aromatic carbocycles. The number of aliphatic carboxylic acids is 3. The molecule has 2 heterocycles. The van der Waals surface area contributed by atoms with E-state index >= 15 is 0 Å². The molecule has 0 aromatic heterocycles. The van der Waals surface area contributed by atoms with Crippen molar-refractivity contribution in [3.8, 4) is 0 Å². The maximum absolute atomic E-state index is 12.5. The van der Waals surface area contributed by atoms with Gasteiger partial charge in [0, 0.05) is 0 Å². The first-order valence-electron chi connectivity index (χ1n) is 20.5. The summed E-state index contributed by atoms with van der Waals surface area (Å²) >= 11 is 0. The largest absolute Gasteiger partial charge is 0.481 e. The van der Waals surface area contributed by atoms with Crippen LogP contribution >= 0.6 is 0 Å². The minimum atomic E-state index is -2.01. The van der Waals surface area contributed by atoms with Gasteiger partial charge in [-0.25, -0.2) is 9.59 Å². The van der Waals surface area contributed by atoms with Crippen LogP contribution in [0.1, 0.15) is 106 Å². The topological polar surface area (TPSA) is 250 Å². The van der Waals surface area contributed by atoms with E-state index in [0.717, 1.165) is 38.5 Å². The van der Waals surface area contributed by atoms with E-state index in [1.165, 1.54) is 11.1 Å². The molecule has 320 valence electrons. The Morgan fingerprint density at radius 2 is 1.28 bits per heavy atom. The van der Waals surface area contributed by atoms with Crippen LogP contribution in [-0.4, -0.2) is 126 Å². The first-order chi connectivity index (χ1) is 26.4. The van der Waals surface area contributed by atoms with Crippen molar-refractivity contribution in [2.75, 3.05) is 0 Å².